The number of benzene rings is 2. The third-order valence-corrected chi connectivity index (χ3v) is 7.12. The average Bonchev–Trinajstić information content (AvgIpc) is 3.19. The van der Waals surface area contributed by atoms with Crippen molar-refractivity contribution in [3.63, 3.8) is 0 Å². The van der Waals surface area contributed by atoms with Crippen molar-refractivity contribution < 1.29 is 9.59 Å². The molecule has 2 aliphatic rings. The van der Waals surface area contributed by atoms with E-state index >= 15 is 0 Å². The molecule has 1 N–H and O–H groups in total. The number of hydrogen-bond donors (Lipinski definition) is 1. The van der Waals surface area contributed by atoms with Gasteiger partial charge in [-0.2, -0.15) is 0 Å². The fourth-order valence-electron chi connectivity index (χ4n) is 5.28. The molecular formula is C26H30N4O3. The molecule has 0 bridgehead atoms. The largest absolute Gasteiger partial charge is 0.342 e. The molecule has 0 aliphatic carbocycles. The van der Waals surface area contributed by atoms with Crippen LogP contribution in [0.15, 0.2) is 53.3 Å². The number of piperidine rings is 2. The van der Waals surface area contributed by atoms with Crippen LogP contribution in [0.1, 0.15) is 47.6 Å². The van der Waals surface area contributed by atoms with Gasteiger partial charge in [0, 0.05) is 37.8 Å². The Kier molecular flexibility index (Phi) is 5.79. The summed E-state index contributed by atoms with van der Waals surface area (Å²) >= 11 is 0. The summed E-state index contributed by atoms with van der Waals surface area (Å²) in [6.07, 6.45) is 3.17. The van der Waals surface area contributed by atoms with Crippen LogP contribution < -0.4 is 5.69 Å². The van der Waals surface area contributed by atoms with Crippen LogP contribution in [0, 0.1) is 12.8 Å². The smallest absolute Gasteiger partial charge is 0.326 e. The van der Waals surface area contributed by atoms with Gasteiger partial charge >= 0.3 is 5.69 Å². The van der Waals surface area contributed by atoms with Crippen molar-refractivity contribution in [1.29, 1.82) is 0 Å². The summed E-state index contributed by atoms with van der Waals surface area (Å²) in [5.74, 6) is -0.00782. The third-order valence-electron chi connectivity index (χ3n) is 7.12. The molecule has 0 spiro atoms. The Bertz CT molecular complexity index is 1220. The lowest BCUT2D eigenvalue weighted by atomic mass is 9.94. The van der Waals surface area contributed by atoms with E-state index < -0.39 is 0 Å². The monoisotopic (exact) mass is 446 g/mol. The van der Waals surface area contributed by atoms with Gasteiger partial charge in [0.25, 0.3) is 5.91 Å². The molecule has 2 aliphatic heterocycles. The van der Waals surface area contributed by atoms with E-state index in [0.717, 1.165) is 42.3 Å². The Labute approximate surface area is 193 Å². The lowest BCUT2D eigenvalue weighted by Crippen LogP contribution is -2.49. The van der Waals surface area contributed by atoms with E-state index in [1.54, 1.807) is 0 Å². The molecule has 172 valence electrons. The van der Waals surface area contributed by atoms with Crippen molar-refractivity contribution in [3.8, 4) is 0 Å². The zero-order chi connectivity index (χ0) is 22.9. The number of carbonyl (C=O) groups is 2. The molecule has 2 fully saturated rings. The molecule has 2 amide bonds. The van der Waals surface area contributed by atoms with Gasteiger partial charge in [-0.25, -0.2) is 4.79 Å². The molecule has 7 heteroatoms. The van der Waals surface area contributed by atoms with Gasteiger partial charge in [0.15, 0.2) is 0 Å². The summed E-state index contributed by atoms with van der Waals surface area (Å²) in [6, 6.07) is 15.4. The van der Waals surface area contributed by atoms with Gasteiger partial charge in [0.05, 0.1) is 17.0 Å². The molecule has 7 nitrogen and oxygen atoms in total. The molecule has 33 heavy (non-hydrogen) atoms. The maximum Gasteiger partial charge on any atom is 0.326 e. The predicted molar refractivity (Wildman–Crippen MR) is 127 cm³/mol. The number of aryl methyl sites for hydroxylation is 1. The number of aromatic nitrogens is 2. The first kappa shape index (κ1) is 21.5. The molecule has 5 rings (SSSR count). The van der Waals surface area contributed by atoms with E-state index in [9.17, 15) is 14.4 Å². The van der Waals surface area contributed by atoms with Crippen LogP contribution in [-0.2, 0) is 4.79 Å². The Hall–Kier alpha value is -3.35. The summed E-state index contributed by atoms with van der Waals surface area (Å²) in [7, 11) is 0. The Morgan fingerprint density at radius 1 is 0.909 bits per heavy atom. The molecule has 0 radical (unpaired) electrons. The number of aromatic amines is 1. The average molecular weight is 447 g/mol. The fraction of sp³-hybridized carbons (Fsp3) is 0.423. The Morgan fingerprint density at radius 3 is 2.39 bits per heavy atom. The summed E-state index contributed by atoms with van der Waals surface area (Å²) in [5, 5.41) is 0. The number of imidazole rings is 1. The molecular weight excluding hydrogens is 416 g/mol. The van der Waals surface area contributed by atoms with Crippen LogP contribution in [0.4, 0.5) is 0 Å². The number of para-hydroxylation sites is 2. The van der Waals surface area contributed by atoms with E-state index in [1.807, 2.05) is 69.8 Å². The topological polar surface area (TPSA) is 78.4 Å². The molecule has 1 atom stereocenters. The zero-order valence-electron chi connectivity index (χ0n) is 19.0. The minimum absolute atomic E-state index is 0.00455. The Balaban J connectivity index is 1.22. The van der Waals surface area contributed by atoms with Gasteiger partial charge in [-0.3, -0.25) is 14.2 Å². The van der Waals surface area contributed by atoms with Gasteiger partial charge in [-0.05, 0) is 56.9 Å². The number of fused-ring (bicyclic) bond motifs is 1. The lowest BCUT2D eigenvalue weighted by Gasteiger charge is -2.38. The molecule has 0 saturated carbocycles. The van der Waals surface area contributed by atoms with Crippen LogP contribution in [0.5, 0.6) is 0 Å². The van der Waals surface area contributed by atoms with Crippen LogP contribution in [0.3, 0.4) is 0 Å². The maximum absolute atomic E-state index is 13.3. The highest BCUT2D eigenvalue weighted by atomic mass is 16.2. The molecule has 2 aromatic carbocycles. The van der Waals surface area contributed by atoms with Crippen LogP contribution >= 0.6 is 0 Å². The van der Waals surface area contributed by atoms with Crippen LogP contribution in [0.25, 0.3) is 11.0 Å². The van der Waals surface area contributed by atoms with Gasteiger partial charge in [0.1, 0.15) is 0 Å². The van der Waals surface area contributed by atoms with Crippen molar-refractivity contribution in [3.05, 3.63) is 70.1 Å². The van der Waals surface area contributed by atoms with Gasteiger partial charge in [0.2, 0.25) is 5.91 Å². The number of carbonyl (C=O) groups excluding carboxylic acids is 2. The number of amides is 2. The summed E-state index contributed by atoms with van der Waals surface area (Å²) < 4.78 is 1.85. The summed E-state index contributed by atoms with van der Waals surface area (Å²) in [4.78, 5) is 45.4. The van der Waals surface area contributed by atoms with E-state index in [2.05, 4.69) is 4.98 Å². The van der Waals surface area contributed by atoms with Crippen LogP contribution in [-0.4, -0.2) is 57.3 Å². The minimum atomic E-state index is -0.152. The van der Waals surface area contributed by atoms with Crippen molar-refractivity contribution in [1.82, 2.24) is 19.4 Å². The fourth-order valence-corrected chi connectivity index (χ4v) is 5.28. The zero-order valence-corrected chi connectivity index (χ0v) is 19.0. The molecule has 1 aromatic heterocycles. The molecule has 3 aromatic rings. The van der Waals surface area contributed by atoms with Gasteiger partial charge < -0.3 is 14.8 Å². The highest BCUT2D eigenvalue weighted by Crippen LogP contribution is 2.27. The number of rotatable bonds is 3. The van der Waals surface area contributed by atoms with Crippen LogP contribution in [0.2, 0.25) is 0 Å². The van der Waals surface area contributed by atoms with Crippen molar-refractivity contribution in [2.24, 2.45) is 5.92 Å². The van der Waals surface area contributed by atoms with E-state index in [1.165, 1.54) is 0 Å². The second kappa shape index (κ2) is 8.89. The van der Waals surface area contributed by atoms with Crippen molar-refractivity contribution in [2.75, 3.05) is 26.2 Å². The standard InChI is InChI=1S/C26H30N4O3/c1-18-8-10-19(11-9-18)24(31)29-14-4-5-20(17-29)25(32)28-15-12-21(13-16-28)30-23-7-3-2-6-22(23)27-26(30)33/h2-3,6-11,20-21H,4-5,12-17H2,1H3,(H,27,33). The first-order chi connectivity index (χ1) is 16.0. The maximum atomic E-state index is 13.3. The highest BCUT2D eigenvalue weighted by Gasteiger charge is 2.34. The first-order valence-electron chi connectivity index (χ1n) is 11.9. The van der Waals surface area contributed by atoms with Crippen molar-refractivity contribution in [2.45, 2.75) is 38.6 Å². The second-order valence-electron chi connectivity index (χ2n) is 9.33. The number of hydrogen-bond acceptors (Lipinski definition) is 3. The van der Waals surface area contributed by atoms with Gasteiger partial charge in [-0.1, -0.05) is 29.8 Å². The second-order valence-corrected chi connectivity index (χ2v) is 9.33. The first-order valence-corrected chi connectivity index (χ1v) is 11.9. The van der Waals surface area contributed by atoms with Gasteiger partial charge in [-0.15, -0.1) is 0 Å². The minimum Gasteiger partial charge on any atom is -0.342 e. The van der Waals surface area contributed by atoms with E-state index in [-0.39, 0.29) is 29.5 Å². The number of nitrogens with one attached hydrogen (secondary N) is 1. The van der Waals surface area contributed by atoms with Crippen molar-refractivity contribution >= 4 is 22.8 Å². The summed E-state index contributed by atoms with van der Waals surface area (Å²) in [5.41, 5.74) is 3.49. The molecule has 2 saturated heterocycles. The molecule has 1 unspecified atom stereocenters. The Morgan fingerprint density at radius 2 is 1.64 bits per heavy atom. The summed E-state index contributed by atoms with van der Waals surface area (Å²) in [6.45, 7) is 4.45. The number of H-pyrrole nitrogens is 1. The molecule has 3 heterocycles. The lowest BCUT2D eigenvalue weighted by molar-refractivity contribution is -0.138. The third kappa shape index (κ3) is 4.19. The predicted octanol–water partition coefficient (Wildman–Crippen LogP) is 3.35. The van der Waals surface area contributed by atoms with E-state index in [4.69, 9.17) is 0 Å². The normalized spacial score (nSPS) is 19.7. The quantitative estimate of drug-likeness (QED) is 0.670. The SMILES string of the molecule is Cc1ccc(C(=O)N2CCCC(C(=O)N3CCC(n4c(=O)[nH]c5ccccc54)CC3)C2)cc1. The van der Waals surface area contributed by atoms with E-state index in [0.29, 0.717) is 31.7 Å². The highest BCUT2D eigenvalue weighted by molar-refractivity contribution is 5.94. The number of likely N-dealkylation sites (tertiary alicyclic amines) is 2. The number of nitrogens with zero attached hydrogens (tertiary/aromatic N) is 3.